The van der Waals surface area contributed by atoms with E-state index in [0.717, 1.165) is 4.90 Å². The average Bonchev–Trinajstić information content (AvgIpc) is 4.01. The van der Waals surface area contributed by atoms with Crippen LogP contribution in [-0.4, -0.2) is 44.1 Å². The highest BCUT2D eigenvalue weighted by Crippen LogP contribution is 2.75. The molecule has 10 heteroatoms. The molecule has 2 fully saturated rings. The van der Waals surface area contributed by atoms with Crippen molar-refractivity contribution in [2.24, 2.45) is 11.8 Å². The van der Waals surface area contributed by atoms with Crippen molar-refractivity contribution in [1.82, 2.24) is 0 Å². The molecule has 4 atom stereocenters. The van der Waals surface area contributed by atoms with Crippen LogP contribution in [0.3, 0.4) is 0 Å². The third-order valence-corrected chi connectivity index (χ3v) is 11.6. The Kier molecular flexibility index (Phi) is 6.76. The van der Waals surface area contributed by atoms with Gasteiger partial charge in [0.15, 0.2) is 34.6 Å². The molecule has 0 aromatic heterocycles. The third kappa shape index (κ3) is 3.94. The molecular formula is C44H31NO9. The van der Waals surface area contributed by atoms with Crippen molar-refractivity contribution in [3.05, 3.63) is 143 Å². The summed E-state index contributed by atoms with van der Waals surface area (Å²) in [5.74, 6) is -1.71. The van der Waals surface area contributed by atoms with Crippen LogP contribution in [0.4, 0.5) is 5.69 Å². The SMILES string of the molecule is COc1ccc(C(C)=O)cc1N1C(=O)[C@@H]2[C@@H](C1=O)[C@@]1(c3ccccc3)C(=O)[C@@]2(c2ccccc2)C(c2ccc3c(c2)OCO3)=C1c1ccc2c(c1)OCO2. The number of carbonyl (C=O) groups is 4. The first kappa shape index (κ1) is 32.0. The Labute approximate surface area is 309 Å². The first-order valence-corrected chi connectivity index (χ1v) is 17.6. The number of methoxy groups -OCH3 is 1. The van der Waals surface area contributed by atoms with E-state index in [1.165, 1.54) is 20.1 Å². The molecule has 5 aliphatic rings. The number of hydrogen-bond donors (Lipinski definition) is 0. The second-order valence-corrected chi connectivity index (χ2v) is 14.0. The van der Waals surface area contributed by atoms with Gasteiger partial charge in [0.05, 0.1) is 35.5 Å². The van der Waals surface area contributed by atoms with Gasteiger partial charge in [-0.05, 0) is 82.8 Å². The number of benzene rings is 5. The fraction of sp³-hybridized carbons (Fsp3) is 0.182. The van der Waals surface area contributed by atoms with Gasteiger partial charge in [0, 0.05) is 5.56 Å². The Balaban J connectivity index is 1.35. The fourth-order valence-electron chi connectivity index (χ4n) is 9.55. The summed E-state index contributed by atoms with van der Waals surface area (Å²) >= 11 is 0. The smallest absolute Gasteiger partial charge is 0.239 e. The van der Waals surface area contributed by atoms with E-state index >= 15 is 14.4 Å². The number of Topliss-reactive ketones (excluding diaryl/α,β-unsaturated/α-hetero) is 2. The number of nitrogens with zero attached hydrogens (tertiary/aromatic N) is 1. The first-order chi connectivity index (χ1) is 26.3. The number of rotatable bonds is 7. The summed E-state index contributed by atoms with van der Waals surface area (Å²) in [6, 6.07) is 34.2. The van der Waals surface area contributed by atoms with E-state index < -0.39 is 34.5 Å². The summed E-state index contributed by atoms with van der Waals surface area (Å²) in [5.41, 5.74) is 0.660. The lowest BCUT2D eigenvalue weighted by Gasteiger charge is -2.39. The minimum atomic E-state index is -1.67. The summed E-state index contributed by atoms with van der Waals surface area (Å²) in [6.45, 7) is 1.50. The maximum atomic E-state index is 16.3. The quantitative estimate of drug-likeness (QED) is 0.137. The van der Waals surface area contributed by atoms with Crippen molar-refractivity contribution >= 4 is 40.2 Å². The van der Waals surface area contributed by atoms with E-state index in [1.807, 2.05) is 84.9 Å². The van der Waals surface area contributed by atoms with Crippen LogP contribution in [0.25, 0.3) is 11.1 Å². The van der Waals surface area contributed by atoms with E-state index in [4.69, 9.17) is 23.7 Å². The van der Waals surface area contributed by atoms with E-state index in [0.29, 0.717) is 62.0 Å². The van der Waals surface area contributed by atoms with Gasteiger partial charge in [-0.3, -0.25) is 19.2 Å². The zero-order valence-electron chi connectivity index (χ0n) is 29.2. The van der Waals surface area contributed by atoms with Crippen LogP contribution in [0, 0.1) is 11.8 Å². The molecule has 5 aromatic rings. The van der Waals surface area contributed by atoms with E-state index in [9.17, 15) is 4.79 Å². The lowest BCUT2D eigenvalue weighted by Crippen LogP contribution is -2.45. The Morgan fingerprint density at radius 2 is 1.11 bits per heavy atom. The molecule has 1 saturated carbocycles. The summed E-state index contributed by atoms with van der Waals surface area (Å²) in [7, 11) is 1.44. The molecule has 5 aromatic carbocycles. The summed E-state index contributed by atoms with van der Waals surface area (Å²) in [6.07, 6.45) is 0. The van der Waals surface area contributed by atoms with Gasteiger partial charge in [-0.2, -0.15) is 0 Å². The average molecular weight is 718 g/mol. The van der Waals surface area contributed by atoms with Crippen molar-refractivity contribution in [3.63, 3.8) is 0 Å². The molecule has 2 aliphatic carbocycles. The van der Waals surface area contributed by atoms with Gasteiger partial charge in [-0.1, -0.05) is 72.8 Å². The number of allylic oxidation sites excluding steroid dienone is 2. The normalized spacial score (nSPS) is 24.4. The predicted octanol–water partition coefficient (Wildman–Crippen LogP) is 6.54. The van der Waals surface area contributed by atoms with Crippen LogP contribution in [0.15, 0.2) is 115 Å². The highest BCUT2D eigenvalue weighted by atomic mass is 16.7. The lowest BCUT2D eigenvalue weighted by atomic mass is 9.59. The van der Waals surface area contributed by atoms with Crippen molar-refractivity contribution < 1.29 is 42.9 Å². The molecule has 0 unspecified atom stereocenters. The highest BCUT2D eigenvalue weighted by Gasteiger charge is 2.83. The topological polar surface area (TPSA) is 118 Å². The Hall–Kier alpha value is -6.68. The first-order valence-electron chi connectivity index (χ1n) is 17.6. The summed E-state index contributed by atoms with van der Waals surface area (Å²) in [4.78, 5) is 61.1. The van der Waals surface area contributed by atoms with E-state index in [2.05, 4.69) is 0 Å². The number of hydrogen-bond acceptors (Lipinski definition) is 9. The number of fused-ring (bicyclic) bond motifs is 7. The van der Waals surface area contributed by atoms with Crippen molar-refractivity contribution in [2.45, 2.75) is 17.8 Å². The van der Waals surface area contributed by atoms with Crippen LogP contribution in [-0.2, 0) is 25.2 Å². The van der Waals surface area contributed by atoms with Crippen molar-refractivity contribution in [3.8, 4) is 28.7 Å². The maximum absolute atomic E-state index is 16.3. The van der Waals surface area contributed by atoms with Gasteiger partial charge in [0.25, 0.3) is 0 Å². The van der Waals surface area contributed by atoms with Crippen LogP contribution in [0.1, 0.15) is 39.5 Å². The molecule has 0 spiro atoms. The second kappa shape index (κ2) is 11.4. The van der Waals surface area contributed by atoms with Gasteiger partial charge < -0.3 is 23.7 Å². The summed E-state index contributed by atoms with van der Waals surface area (Å²) < 4.78 is 28.8. The number of anilines is 1. The highest BCUT2D eigenvalue weighted by molar-refractivity contribution is 6.39. The summed E-state index contributed by atoms with van der Waals surface area (Å²) in [5, 5.41) is 0. The minimum Gasteiger partial charge on any atom is -0.495 e. The number of ketones is 2. The fourth-order valence-corrected chi connectivity index (χ4v) is 9.55. The number of carbonyl (C=O) groups excluding carboxylic acids is 4. The molecule has 266 valence electrons. The van der Waals surface area contributed by atoms with Gasteiger partial charge in [0.1, 0.15) is 5.75 Å². The van der Waals surface area contributed by atoms with Crippen LogP contribution < -0.4 is 28.6 Å². The lowest BCUT2D eigenvalue weighted by molar-refractivity contribution is -0.130. The van der Waals surface area contributed by atoms with Crippen LogP contribution in [0.5, 0.6) is 28.7 Å². The van der Waals surface area contributed by atoms with Crippen molar-refractivity contribution in [1.29, 1.82) is 0 Å². The Bertz CT molecular complexity index is 2370. The molecule has 54 heavy (non-hydrogen) atoms. The molecule has 3 heterocycles. The van der Waals surface area contributed by atoms with Crippen LogP contribution in [0.2, 0.25) is 0 Å². The van der Waals surface area contributed by atoms with E-state index in [1.54, 1.807) is 24.3 Å². The molecule has 2 amide bonds. The van der Waals surface area contributed by atoms with Gasteiger partial charge >= 0.3 is 0 Å². The minimum absolute atomic E-state index is 0.0391. The molecule has 10 nitrogen and oxygen atoms in total. The zero-order chi connectivity index (χ0) is 36.9. The van der Waals surface area contributed by atoms with Gasteiger partial charge in [-0.15, -0.1) is 0 Å². The molecule has 10 rings (SSSR count). The predicted molar refractivity (Wildman–Crippen MR) is 196 cm³/mol. The largest absolute Gasteiger partial charge is 0.495 e. The molecule has 2 bridgehead atoms. The van der Waals surface area contributed by atoms with Crippen molar-refractivity contribution in [2.75, 3.05) is 25.6 Å². The molecule has 0 radical (unpaired) electrons. The Morgan fingerprint density at radius 1 is 0.630 bits per heavy atom. The van der Waals surface area contributed by atoms with Crippen LogP contribution >= 0.6 is 0 Å². The number of imide groups is 1. The van der Waals surface area contributed by atoms with E-state index in [-0.39, 0.29) is 36.6 Å². The molecular weight excluding hydrogens is 686 g/mol. The standard InChI is InChI=1S/C44H31NO9/c1-24(46)25-13-16-31(50-2)30(19-25)45-40(47)38-39(41(45)48)44(29-11-7-4-8-12-29)37(27-15-18-33-35(21-27)54-23-52-33)36(26-14-17-32-34(20-26)53-22-51-32)43(38,42(44)49)28-9-5-3-6-10-28/h3-21,38-39H,22-23H2,1-2H3/t38-,39-,43-,44-/m0/s1. The number of ether oxygens (including phenoxy) is 5. The molecule has 1 saturated heterocycles. The molecule has 0 N–H and O–H groups in total. The monoisotopic (exact) mass is 717 g/mol. The number of amides is 2. The maximum Gasteiger partial charge on any atom is 0.239 e. The third-order valence-electron chi connectivity index (χ3n) is 11.6. The Morgan fingerprint density at radius 3 is 1.57 bits per heavy atom. The second-order valence-electron chi connectivity index (χ2n) is 14.0. The van der Waals surface area contributed by atoms with Gasteiger partial charge in [0.2, 0.25) is 25.4 Å². The zero-order valence-corrected chi connectivity index (χ0v) is 29.2. The molecule has 3 aliphatic heterocycles. The van der Waals surface area contributed by atoms with Gasteiger partial charge in [-0.25, -0.2) is 4.90 Å².